The van der Waals surface area contributed by atoms with Crippen molar-refractivity contribution in [2.24, 2.45) is 0 Å². The van der Waals surface area contributed by atoms with E-state index in [-0.39, 0.29) is 24.4 Å². The zero-order chi connectivity index (χ0) is 88.6. The Kier molecular flexibility index (Phi) is 107. The highest BCUT2D eigenvalue weighted by Gasteiger charge is 2.35. The summed E-state index contributed by atoms with van der Waals surface area (Å²) in [6.45, 7) is 22.0. The summed E-state index contributed by atoms with van der Waals surface area (Å²) >= 11 is 0. The van der Waals surface area contributed by atoms with E-state index in [1.807, 2.05) is 24.3 Å². The second-order valence-electron chi connectivity index (χ2n) is 30.0. The van der Waals surface area contributed by atoms with Gasteiger partial charge in [-0.1, -0.05) is 491 Å². The van der Waals surface area contributed by atoms with Crippen LogP contribution in [-0.4, -0.2) is 48.8 Å². The van der Waals surface area contributed by atoms with Crippen LogP contribution in [0, 0.1) is 0 Å². The Morgan fingerprint density at radius 3 is 0.876 bits per heavy atom. The van der Waals surface area contributed by atoms with Crippen LogP contribution in [0.5, 0.6) is 0 Å². The number of unbranched alkanes of at least 4 members (excludes halogenated alkanes) is 18. The van der Waals surface area contributed by atoms with Gasteiger partial charge in [0.15, 0.2) is 0 Å². The van der Waals surface area contributed by atoms with E-state index in [0.717, 1.165) is 122 Å². The van der Waals surface area contributed by atoms with Crippen LogP contribution in [0.25, 0.3) is 0 Å². The molecule has 0 aromatic heterocycles. The molecule has 11 heteroatoms. The summed E-state index contributed by atoms with van der Waals surface area (Å²) in [5.41, 5.74) is 0. The summed E-state index contributed by atoms with van der Waals surface area (Å²) < 4.78 is 33.1. The van der Waals surface area contributed by atoms with Gasteiger partial charge in [0, 0.05) is 36.9 Å². The van der Waals surface area contributed by atoms with Crippen molar-refractivity contribution in [2.75, 3.05) is 0 Å². The molecule has 13 atom stereocenters. The van der Waals surface area contributed by atoms with Crippen LogP contribution in [0.4, 0.5) is 0 Å². The van der Waals surface area contributed by atoms with Crippen LogP contribution >= 0.6 is 45.8 Å². The van der Waals surface area contributed by atoms with Gasteiger partial charge in [-0.2, -0.15) is 0 Å². The number of epoxide rings is 2. The van der Waals surface area contributed by atoms with Gasteiger partial charge in [0.2, 0.25) is 0 Å². The molecule has 2 fully saturated rings. The van der Waals surface area contributed by atoms with Crippen molar-refractivity contribution < 1.29 is 27.6 Å². The van der Waals surface area contributed by atoms with E-state index in [2.05, 4.69) is 386 Å². The fourth-order valence-corrected chi connectivity index (χ4v) is 13.0. The SMILES string of the molecule is CC/C=C\C/C=C\C/C=C\C/C=C\C=C\C(CCCCCC)OP.CC/C=C\CC(\C=C/C=C/C=C/C(C/C=C\CCCCCC)OP)OPP.CC/C=C\CC1OC1/C=C/C=C/C=C\C/C=C\CCCCCC.CCC=CCC1OC1C=CC=CC=CCC=CCCCCCC.CCC=CCC=CCC=CCC=CC=CC(CCCCCC)OP. The van der Waals surface area contributed by atoms with Crippen molar-refractivity contribution in [3.8, 4) is 0 Å². The summed E-state index contributed by atoms with van der Waals surface area (Å²) in [7, 11) is 10.2. The summed E-state index contributed by atoms with van der Waals surface area (Å²) in [5, 5.41) is 0. The molecule has 0 amide bonds. The molecule has 2 saturated heterocycles. The fourth-order valence-electron chi connectivity index (χ4n) is 11.5. The molecule has 0 aliphatic carbocycles. The minimum absolute atomic E-state index is 0.101. The van der Waals surface area contributed by atoms with Crippen molar-refractivity contribution in [1.29, 1.82) is 0 Å². The number of hydrogen-bond acceptors (Lipinski definition) is 6. The van der Waals surface area contributed by atoms with Gasteiger partial charge < -0.3 is 27.6 Å². The smallest absolute Gasteiger partial charge is 0.103 e. The van der Waals surface area contributed by atoms with Crippen molar-refractivity contribution in [2.45, 2.75) is 388 Å². The summed E-state index contributed by atoms with van der Waals surface area (Å²) in [6.07, 6.45) is 160. The third-order valence-corrected chi connectivity index (χ3v) is 20.7. The zero-order valence-electron chi connectivity index (χ0n) is 78.4. The molecule has 2 aliphatic rings. The Labute approximate surface area is 759 Å². The maximum atomic E-state index is 5.71. The second-order valence-corrected chi connectivity index (χ2v) is 32.0. The highest BCUT2D eigenvalue weighted by atomic mass is 32.0. The number of rotatable bonds is 73. The fraction of sp³-hybridized carbons (Fsp3) is 0.545. The summed E-state index contributed by atoms with van der Waals surface area (Å²) in [6, 6.07) is 0. The number of hydrogen-bond donors (Lipinski definition) is 0. The molecular formula is C110H181O6P5. The molecule has 0 bridgehead atoms. The van der Waals surface area contributed by atoms with Crippen molar-refractivity contribution in [3.05, 3.63) is 304 Å². The number of allylic oxidation sites excluding steroid dienone is 40. The third-order valence-electron chi connectivity index (χ3n) is 18.8. The highest BCUT2D eigenvalue weighted by molar-refractivity contribution is 8.00. The molecule has 0 saturated carbocycles. The minimum atomic E-state index is 0.101. The largest absolute Gasteiger partial charge is 0.365 e. The van der Waals surface area contributed by atoms with Crippen molar-refractivity contribution in [3.63, 3.8) is 0 Å². The number of ether oxygens (including phenoxy) is 2. The molecule has 0 radical (unpaired) electrons. The monoisotopic (exact) mass is 1750 g/mol. The Morgan fingerprint density at radius 2 is 0.521 bits per heavy atom. The first kappa shape index (κ1) is 121. The first-order valence-corrected chi connectivity index (χ1v) is 51.8. The molecule has 13 unspecified atom stereocenters. The lowest BCUT2D eigenvalue weighted by Crippen LogP contribution is -2.02. The lowest BCUT2D eigenvalue weighted by molar-refractivity contribution is 0.274. The van der Waals surface area contributed by atoms with E-state index in [0.29, 0.717) is 32.9 Å². The van der Waals surface area contributed by atoms with Gasteiger partial charge in [-0.3, -0.25) is 0 Å². The van der Waals surface area contributed by atoms with Gasteiger partial charge in [0.25, 0.3) is 0 Å². The first-order valence-electron chi connectivity index (χ1n) is 47.7. The van der Waals surface area contributed by atoms with E-state index < -0.39 is 0 Å². The molecule has 2 rings (SSSR count). The maximum Gasteiger partial charge on any atom is 0.103 e. The van der Waals surface area contributed by atoms with E-state index >= 15 is 0 Å². The maximum absolute atomic E-state index is 5.71. The summed E-state index contributed by atoms with van der Waals surface area (Å²) in [4.78, 5) is 0. The second kappa shape index (κ2) is 108. The molecule has 0 aromatic rings. The van der Waals surface area contributed by atoms with Crippen LogP contribution in [0.3, 0.4) is 0 Å². The van der Waals surface area contributed by atoms with E-state index in [9.17, 15) is 0 Å². The average molecular weight is 1750 g/mol. The molecule has 0 N–H and O–H groups in total. The molecule has 2 heterocycles. The van der Waals surface area contributed by atoms with Crippen LogP contribution in [0.1, 0.15) is 339 Å². The molecule has 0 spiro atoms. The predicted octanol–water partition coefficient (Wildman–Crippen LogP) is 36.2. The Hall–Kier alpha value is -4.59. The third kappa shape index (κ3) is 101. The molecule has 682 valence electrons. The van der Waals surface area contributed by atoms with Gasteiger partial charge >= 0.3 is 0 Å². The van der Waals surface area contributed by atoms with Crippen LogP contribution < -0.4 is 0 Å². The lowest BCUT2D eigenvalue weighted by atomic mass is 10.1. The molecule has 121 heavy (non-hydrogen) atoms. The van der Waals surface area contributed by atoms with Gasteiger partial charge in [-0.25, -0.2) is 0 Å². The molecular weight excluding hydrogens is 1570 g/mol. The van der Waals surface area contributed by atoms with Crippen molar-refractivity contribution >= 4 is 45.8 Å². The van der Waals surface area contributed by atoms with Gasteiger partial charge in [0.05, 0.1) is 36.6 Å². The van der Waals surface area contributed by atoms with Crippen LogP contribution in [-0.2, 0) is 27.6 Å². The minimum Gasteiger partial charge on any atom is -0.365 e. The van der Waals surface area contributed by atoms with Gasteiger partial charge in [-0.15, -0.1) is 0 Å². The first-order chi connectivity index (χ1) is 59.7. The topological polar surface area (TPSA) is 62.0 Å². The van der Waals surface area contributed by atoms with E-state index in [1.54, 1.807) is 0 Å². The average Bonchev–Trinajstić information content (AvgIpc) is 1.71. The van der Waals surface area contributed by atoms with E-state index in [4.69, 9.17) is 27.6 Å². The standard InChI is InChI=1S/C22H39O2P3.2C22H37OP.2C22H34O/c1-3-5-7-8-9-10-14-17-21(23-25)18-15-11-12-16-20-22(24-27-26)19-13-6-4-2;2*1-3-5-7-9-10-11-12-13-14-15-16-17-19-21-22(23-24)20-18-8-6-4-2;2*1-3-5-7-8-9-10-11-12-13-14-15-16-18-20-22-21(23-22)19-17-6-4-2/h6,10-16,18,20-22,27H,3-5,7-9,17,19,25-26H2,1-2H3;2*5,7,10-11,13-14,16-17,19,21-22H,3-4,6,8-9,12,15,18,20,24H2,1-2H3;2*6,10-11,13-18,20-22H,3-5,7-9,12,19H2,1-2H3/b12-11+,13-6-,14-10-,18-15+,20-16-;7-5-,11-10-,14-13-,17-16-,21-19+;;11-10-,14-13-,16-15+,17-6-,20-18+;. The normalized spacial score (nSPS) is 17.5. The lowest BCUT2D eigenvalue weighted by Gasteiger charge is -2.09. The highest BCUT2D eigenvalue weighted by Crippen LogP contribution is 2.29. The molecule has 2 aliphatic heterocycles. The van der Waals surface area contributed by atoms with Gasteiger partial charge in [0.1, 0.15) is 12.2 Å². The predicted molar refractivity (Wildman–Crippen MR) is 563 cm³/mol. The van der Waals surface area contributed by atoms with Crippen LogP contribution in [0.2, 0.25) is 0 Å². The van der Waals surface area contributed by atoms with Crippen molar-refractivity contribution in [1.82, 2.24) is 0 Å². The molecule has 0 aromatic carbocycles. The van der Waals surface area contributed by atoms with E-state index in [1.165, 1.54) is 148 Å². The Morgan fingerprint density at radius 1 is 0.256 bits per heavy atom. The quantitative estimate of drug-likeness (QED) is 0.0199. The summed E-state index contributed by atoms with van der Waals surface area (Å²) in [5.74, 6) is 0. The Balaban J connectivity index is -0.00000144. The molecule has 6 nitrogen and oxygen atoms in total. The van der Waals surface area contributed by atoms with Crippen LogP contribution in [0.15, 0.2) is 304 Å². The Bertz CT molecular complexity index is 2830. The zero-order valence-corrected chi connectivity index (χ0v) is 84.1. The van der Waals surface area contributed by atoms with Gasteiger partial charge in [-0.05, 0) is 161 Å².